The van der Waals surface area contributed by atoms with Crippen LogP contribution in [0.25, 0.3) is 21.5 Å². The minimum atomic E-state index is -1.20. The smallest absolute Gasteiger partial charge is 0.339 e. The molecule has 0 saturated heterocycles. The first-order valence-electron chi connectivity index (χ1n) is 8.54. The molecule has 4 rings (SSSR count). The summed E-state index contributed by atoms with van der Waals surface area (Å²) in [6.07, 6.45) is 0. The molecule has 4 aromatic carbocycles. The number of hydrogen-bond acceptors (Lipinski definition) is 6. The van der Waals surface area contributed by atoms with Gasteiger partial charge < -0.3 is 30.6 Å². The predicted octanol–water partition coefficient (Wildman–Crippen LogP) is 3.90. The van der Waals surface area contributed by atoms with Gasteiger partial charge in [-0.2, -0.15) is 0 Å². The quantitative estimate of drug-likeness (QED) is 0.239. The van der Waals surface area contributed by atoms with Crippen molar-refractivity contribution in [2.75, 3.05) is 0 Å². The van der Waals surface area contributed by atoms with Crippen molar-refractivity contribution in [3.8, 4) is 23.0 Å². The van der Waals surface area contributed by atoms with E-state index in [1.54, 1.807) is 12.1 Å². The van der Waals surface area contributed by atoms with Crippen molar-refractivity contribution < 1.29 is 59.7 Å². The van der Waals surface area contributed by atoms with Crippen LogP contribution in [0.4, 0.5) is 0 Å². The van der Waals surface area contributed by atoms with Gasteiger partial charge in [0.2, 0.25) is 0 Å². The van der Waals surface area contributed by atoms with E-state index >= 15 is 0 Å². The Morgan fingerprint density at radius 1 is 0.516 bits per heavy atom. The molecule has 0 aromatic heterocycles. The maximum Gasteiger partial charge on any atom is 0.339 e. The molecular formula is C22H16O8Zn. The van der Waals surface area contributed by atoms with Crippen LogP contribution in [0.3, 0.4) is 0 Å². The number of aromatic hydroxyl groups is 4. The van der Waals surface area contributed by atoms with Crippen LogP contribution in [-0.4, -0.2) is 42.6 Å². The first-order valence-corrected chi connectivity index (χ1v) is 8.54. The summed E-state index contributed by atoms with van der Waals surface area (Å²) in [5.74, 6) is -2.83. The van der Waals surface area contributed by atoms with E-state index in [0.717, 1.165) is 0 Å². The Morgan fingerprint density at radius 2 is 0.871 bits per heavy atom. The molecule has 0 amide bonds. The van der Waals surface area contributed by atoms with Gasteiger partial charge in [-0.3, -0.25) is 0 Å². The minimum absolute atomic E-state index is 0. The van der Waals surface area contributed by atoms with Gasteiger partial charge in [0.15, 0.2) is 0 Å². The van der Waals surface area contributed by atoms with Crippen molar-refractivity contribution in [3.63, 3.8) is 0 Å². The van der Waals surface area contributed by atoms with E-state index < -0.39 is 11.9 Å². The maximum atomic E-state index is 10.7. The predicted molar refractivity (Wildman–Crippen MR) is 108 cm³/mol. The summed E-state index contributed by atoms with van der Waals surface area (Å²) in [6, 6.07) is 14.4. The number of carboxylic acid groups (broad SMARTS) is 2. The summed E-state index contributed by atoms with van der Waals surface area (Å²) in [6.45, 7) is 0. The third kappa shape index (κ3) is 5.21. The normalized spacial score (nSPS) is 10.1. The van der Waals surface area contributed by atoms with Gasteiger partial charge in [-0.05, 0) is 70.1 Å². The molecule has 0 aliphatic rings. The number of phenols is 4. The van der Waals surface area contributed by atoms with Crippen LogP contribution in [0.2, 0.25) is 0 Å². The molecule has 8 nitrogen and oxygen atoms in total. The molecule has 0 aliphatic carbocycles. The fourth-order valence-electron chi connectivity index (χ4n) is 2.89. The fourth-order valence-corrected chi connectivity index (χ4v) is 2.89. The monoisotopic (exact) mass is 472 g/mol. The van der Waals surface area contributed by atoms with Crippen LogP contribution in [0, 0.1) is 0 Å². The second-order valence-corrected chi connectivity index (χ2v) is 6.41. The van der Waals surface area contributed by atoms with Crippen molar-refractivity contribution in [1.82, 2.24) is 0 Å². The van der Waals surface area contributed by atoms with Gasteiger partial charge in [0.05, 0.1) is 0 Å². The molecular weight excluding hydrogens is 458 g/mol. The van der Waals surface area contributed by atoms with Gasteiger partial charge in [-0.1, -0.05) is 12.1 Å². The Morgan fingerprint density at radius 3 is 1.19 bits per heavy atom. The van der Waals surface area contributed by atoms with Crippen molar-refractivity contribution in [3.05, 3.63) is 71.8 Å². The molecule has 9 heteroatoms. The Labute approximate surface area is 188 Å². The van der Waals surface area contributed by atoms with Gasteiger partial charge in [-0.15, -0.1) is 0 Å². The standard InChI is InChI=1S/2C11H8O4.Zn/c2*12-8-2-1-6-5-10(13)9(11(14)15)4-7(6)3-8;/h2*1-5,12-13H,(H,14,15);. The van der Waals surface area contributed by atoms with E-state index in [2.05, 4.69) is 0 Å². The molecule has 6 N–H and O–H groups in total. The van der Waals surface area contributed by atoms with Crippen molar-refractivity contribution >= 4 is 33.5 Å². The molecule has 4 aromatic rings. The zero-order valence-corrected chi connectivity index (χ0v) is 18.9. The van der Waals surface area contributed by atoms with E-state index in [9.17, 15) is 30.0 Å². The number of aromatic carboxylic acids is 2. The van der Waals surface area contributed by atoms with Gasteiger partial charge in [0.1, 0.15) is 34.1 Å². The number of carboxylic acids is 2. The molecule has 31 heavy (non-hydrogen) atoms. The van der Waals surface area contributed by atoms with E-state index in [0.29, 0.717) is 21.5 Å². The summed E-state index contributed by atoms with van der Waals surface area (Å²) in [5.41, 5.74) is -0.346. The van der Waals surface area contributed by atoms with Crippen LogP contribution < -0.4 is 0 Å². The van der Waals surface area contributed by atoms with Crippen LogP contribution >= 0.6 is 0 Å². The molecule has 0 heterocycles. The molecule has 0 aliphatic heterocycles. The number of rotatable bonds is 2. The molecule has 0 spiro atoms. The molecule has 0 fully saturated rings. The van der Waals surface area contributed by atoms with Gasteiger partial charge in [0, 0.05) is 19.5 Å². The summed E-state index contributed by atoms with van der Waals surface area (Å²) in [5, 5.41) is 57.3. The van der Waals surface area contributed by atoms with Crippen molar-refractivity contribution in [1.29, 1.82) is 0 Å². The zero-order chi connectivity index (χ0) is 22.0. The molecule has 0 unspecified atom stereocenters. The molecule has 0 saturated carbocycles. The van der Waals surface area contributed by atoms with E-state index in [1.807, 2.05) is 0 Å². The van der Waals surface area contributed by atoms with Crippen molar-refractivity contribution in [2.45, 2.75) is 0 Å². The fraction of sp³-hybridized carbons (Fsp3) is 0. The van der Waals surface area contributed by atoms with Gasteiger partial charge in [0.25, 0.3) is 0 Å². The topological polar surface area (TPSA) is 156 Å². The summed E-state index contributed by atoms with van der Waals surface area (Å²) >= 11 is 0. The number of hydrogen-bond donors (Lipinski definition) is 6. The first-order chi connectivity index (χ1) is 14.2. The largest absolute Gasteiger partial charge is 0.508 e. The van der Waals surface area contributed by atoms with E-state index in [-0.39, 0.29) is 53.6 Å². The summed E-state index contributed by atoms with van der Waals surface area (Å²) in [7, 11) is 0. The van der Waals surface area contributed by atoms with Gasteiger partial charge >= 0.3 is 11.9 Å². The van der Waals surface area contributed by atoms with E-state index in [4.69, 9.17) is 10.2 Å². The maximum absolute atomic E-state index is 10.7. The number of benzene rings is 4. The average molecular weight is 474 g/mol. The Hall–Kier alpha value is -3.84. The van der Waals surface area contributed by atoms with E-state index in [1.165, 1.54) is 48.5 Å². The Kier molecular flexibility index (Phi) is 7.05. The molecule has 0 bridgehead atoms. The number of fused-ring (bicyclic) bond motifs is 2. The Balaban J connectivity index is 0.000000213. The molecule has 154 valence electrons. The Bertz CT molecular complexity index is 1200. The summed E-state index contributed by atoms with van der Waals surface area (Å²) < 4.78 is 0. The van der Waals surface area contributed by atoms with Crippen molar-refractivity contribution in [2.24, 2.45) is 0 Å². The number of carbonyl (C=O) groups is 2. The number of phenolic OH excluding ortho intramolecular Hbond substituents is 2. The first kappa shape index (κ1) is 23.4. The zero-order valence-electron chi connectivity index (χ0n) is 16.0. The molecule has 0 atom stereocenters. The summed E-state index contributed by atoms with van der Waals surface area (Å²) in [4.78, 5) is 21.5. The SMILES string of the molecule is O=C(O)c1cc2cc(O)ccc2cc1O.O=C(O)c1cc2cc(O)ccc2cc1O.[Zn]. The second kappa shape index (κ2) is 9.32. The minimum Gasteiger partial charge on any atom is -0.508 e. The van der Waals surface area contributed by atoms with Crippen LogP contribution in [0.1, 0.15) is 20.7 Å². The third-order valence-corrected chi connectivity index (χ3v) is 4.34. The average Bonchev–Trinajstić information content (AvgIpc) is 2.67. The van der Waals surface area contributed by atoms with Crippen LogP contribution in [-0.2, 0) is 19.5 Å². The second-order valence-electron chi connectivity index (χ2n) is 6.41. The third-order valence-electron chi connectivity index (χ3n) is 4.34. The van der Waals surface area contributed by atoms with Crippen LogP contribution in [0.5, 0.6) is 23.0 Å². The van der Waals surface area contributed by atoms with Crippen LogP contribution in [0.15, 0.2) is 60.7 Å². The van der Waals surface area contributed by atoms with Gasteiger partial charge in [-0.25, -0.2) is 9.59 Å². The molecule has 0 radical (unpaired) electrons.